The third kappa shape index (κ3) is 3.85. The highest BCUT2D eigenvalue weighted by atomic mass is 16.2. The average molecular weight is 238 g/mol. The zero-order valence-corrected chi connectivity index (χ0v) is 11.0. The number of amides is 1. The third-order valence-electron chi connectivity index (χ3n) is 2.75. The Hall–Kier alpha value is -1.36. The predicted octanol–water partition coefficient (Wildman–Crippen LogP) is 0.985. The van der Waals surface area contributed by atoms with Crippen molar-refractivity contribution in [2.24, 2.45) is 7.05 Å². The number of nitrogens with one attached hydrogen (secondary N) is 2. The van der Waals surface area contributed by atoms with Crippen LogP contribution in [0.15, 0.2) is 12.3 Å². The molecule has 0 aromatic carbocycles. The topological polar surface area (TPSA) is 59.0 Å². The molecule has 2 atom stereocenters. The fourth-order valence-corrected chi connectivity index (χ4v) is 1.75. The van der Waals surface area contributed by atoms with Crippen molar-refractivity contribution in [3.63, 3.8) is 0 Å². The molecule has 2 unspecified atom stereocenters. The van der Waals surface area contributed by atoms with E-state index < -0.39 is 0 Å². The van der Waals surface area contributed by atoms with Crippen molar-refractivity contribution < 1.29 is 4.79 Å². The molecule has 17 heavy (non-hydrogen) atoms. The summed E-state index contributed by atoms with van der Waals surface area (Å²) < 4.78 is 1.81. The first-order valence-electron chi connectivity index (χ1n) is 6.08. The van der Waals surface area contributed by atoms with Gasteiger partial charge in [-0.15, -0.1) is 0 Å². The van der Waals surface area contributed by atoms with E-state index in [1.807, 2.05) is 38.6 Å². The molecule has 0 spiro atoms. The largest absolute Gasteiger partial charge is 0.355 e. The van der Waals surface area contributed by atoms with E-state index in [9.17, 15) is 4.79 Å². The first-order valence-corrected chi connectivity index (χ1v) is 6.08. The quantitative estimate of drug-likeness (QED) is 0.777. The highest BCUT2D eigenvalue weighted by molar-refractivity contribution is 5.81. The molecule has 0 aliphatic heterocycles. The zero-order chi connectivity index (χ0) is 12.8. The highest BCUT2D eigenvalue weighted by Gasteiger charge is 2.17. The van der Waals surface area contributed by atoms with Crippen molar-refractivity contribution in [3.8, 4) is 0 Å². The molecule has 0 saturated heterocycles. The van der Waals surface area contributed by atoms with Crippen LogP contribution in [0.1, 0.15) is 38.9 Å². The smallest absolute Gasteiger partial charge is 0.236 e. The van der Waals surface area contributed by atoms with E-state index in [2.05, 4.69) is 15.7 Å². The first kappa shape index (κ1) is 13.7. The average Bonchev–Trinajstić information content (AvgIpc) is 2.72. The lowest BCUT2D eigenvalue weighted by Crippen LogP contribution is -2.43. The van der Waals surface area contributed by atoms with Gasteiger partial charge in [-0.05, 0) is 26.3 Å². The van der Waals surface area contributed by atoms with Crippen LogP contribution in [-0.2, 0) is 11.8 Å². The summed E-state index contributed by atoms with van der Waals surface area (Å²) in [7, 11) is 1.90. The van der Waals surface area contributed by atoms with Gasteiger partial charge in [0, 0.05) is 25.8 Å². The van der Waals surface area contributed by atoms with Crippen LogP contribution in [0.25, 0.3) is 0 Å². The lowest BCUT2D eigenvalue weighted by molar-refractivity contribution is -0.122. The normalized spacial score (nSPS) is 14.4. The minimum Gasteiger partial charge on any atom is -0.355 e. The van der Waals surface area contributed by atoms with Crippen LogP contribution < -0.4 is 10.6 Å². The molecule has 0 fully saturated rings. The van der Waals surface area contributed by atoms with Gasteiger partial charge in [0.15, 0.2) is 0 Å². The Morgan fingerprint density at radius 3 is 2.76 bits per heavy atom. The second-order valence-electron chi connectivity index (χ2n) is 4.28. The lowest BCUT2D eigenvalue weighted by atomic mass is 10.2. The lowest BCUT2D eigenvalue weighted by Gasteiger charge is -2.19. The summed E-state index contributed by atoms with van der Waals surface area (Å²) in [6.07, 6.45) is 2.71. The molecule has 1 heterocycles. The van der Waals surface area contributed by atoms with Crippen LogP contribution in [0.3, 0.4) is 0 Å². The van der Waals surface area contributed by atoms with Gasteiger partial charge in [0.2, 0.25) is 5.91 Å². The molecule has 0 saturated carbocycles. The Balaban J connectivity index is 2.48. The van der Waals surface area contributed by atoms with Crippen molar-refractivity contribution >= 4 is 5.91 Å². The summed E-state index contributed by atoms with van der Waals surface area (Å²) in [6, 6.07) is 1.85. The Bertz CT molecular complexity index is 361. The first-order chi connectivity index (χ1) is 8.06. The van der Waals surface area contributed by atoms with E-state index in [4.69, 9.17) is 0 Å². The van der Waals surface area contributed by atoms with E-state index in [-0.39, 0.29) is 18.0 Å². The monoisotopic (exact) mass is 238 g/mol. The van der Waals surface area contributed by atoms with E-state index in [0.29, 0.717) is 0 Å². The van der Waals surface area contributed by atoms with Crippen LogP contribution in [0.4, 0.5) is 0 Å². The number of rotatable bonds is 6. The van der Waals surface area contributed by atoms with Gasteiger partial charge in [-0.3, -0.25) is 14.8 Å². The second-order valence-corrected chi connectivity index (χ2v) is 4.28. The molecule has 2 N–H and O–H groups in total. The van der Waals surface area contributed by atoms with E-state index >= 15 is 0 Å². The second kappa shape index (κ2) is 6.39. The number of hydrogen-bond donors (Lipinski definition) is 2. The summed E-state index contributed by atoms with van der Waals surface area (Å²) in [5.41, 5.74) is 1.07. The molecule has 96 valence electrons. The number of aryl methyl sites for hydroxylation is 1. The van der Waals surface area contributed by atoms with Gasteiger partial charge in [0.25, 0.3) is 0 Å². The summed E-state index contributed by atoms with van der Waals surface area (Å²) in [5, 5.41) is 10.2. The maximum atomic E-state index is 11.7. The summed E-state index contributed by atoms with van der Waals surface area (Å²) in [5.74, 6) is 0.0425. The van der Waals surface area contributed by atoms with E-state index in [1.54, 1.807) is 6.20 Å². The van der Waals surface area contributed by atoms with Gasteiger partial charge in [-0.1, -0.05) is 6.92 Å². The van der Waals surface area contributed by atoms with Crippen LogP contribution in [-0.4, -0.2) is 28.3 Å². The van der Waals surface area contributed by atoms with Gasteiger partial charge >= 0.3 is 0 Å². The maximum Gasteiger partial charge on any atom is 0.236 e. The molecular formula is C12H22N4O. The molecule has 5 heteroatoms. The molecule has 0 aliphatic rings. The Morgan fingerprint density at radius 1 is 1.53 bits per heavy atom. The van der Waals surface area contributed by atoms with Crippen molar-refractivity contribution in [3.05, 3.63) is 18.0 Å². The summed E-state index contributed by atoms with van der Waals surface area (Å²) in [6.45, 7) is 6.67. The predicted molar refractivity (Wildman–Crippen MR) is 67.5 cm³/mol. The van der Waals surface area contributed by atoms with Crippen molar-refractivity contribution in [2.75, 3.05) is 6.54 Å². The Morgan fingerprint density at radius 2 is 2.24 bits per heavy atom. The maximum absolute atomic E-state index is 11.7. The van der Waals surface area contributed by atoms with Gasteiger partial charge in [-0.2, -0.15) is 5.10 Å². The van der Waals surface area contributed by atoms with Crippen LogP contribution in [0.5, 0.6) is 0 Å². The van der Waals surface area contributed by atoms with E-state index in [0.717, 1.165) is 18.7 Å². The SMILES string of the molecule is CCCNC(=O)C(C)NC(C)c1ccnn1C. The molecule has 1 amide bonds. The molecule has 0 bridgehead atoms. The number of carbonyl (C=O) groups excluding carboxylic acids is 1. The van der Waals surface area contributed by atoms with Crippen LogP contribution in [0, 0.1) is 0 Å². The summed E-state index contributed by atoms with van der Waals surface area (Å²) in [4.78, 5) is 11.7. The third-order valence-corrected chi connectivity index (χ3v) is 2.75. The number of carbonyl (C=O) groups is 1. The minimum atomic E-state index is -0.202. The van der Waals surface area contributed by atoms with Gasteiger partial charge in [-0.25, -0.2) is 0 Å². The number of hydrogen-bond acceptors (Lipinski definition) is 3. The standard InChI is InChI=1S/C12H22N4O/c1-5-7-13-12(17)10(3)15-9(2)11-6-8-14-16(11)4/h6,8-10,15H,5,7H2,1-4H3,(H,13,17). The molecular weight excluding hydrogens is 216 g/mol. The van der Waals surface area contributed by atoms with Gasteiger partial charge < -0.3 is 5.32 Å². The fourth-order valence-electron chi connectivity index (χ4n) is 1.75. The van der Waals surface area contributed by atoms with Crippen LogP contribution >= 0.6 is 0 Å². The Kier molecular flexibility index (Phi) is 5.15. The van der Waals surface area contributed by atoms with Crippen molar-refractivity contribution in [1.29, 1.82) is 0 Å². The van der Waals surface area contributed by atoms with Crippen molar-refractivity contribution in [2.45, 2.75) is 39.3 Å². The number of aromatic nitrogens is 2. The van der Waals surface area contributed by atoms with Gasteiger partial charge in [0.05, 0.1) is 11.7 Å². The molecule has 0 radical (unpaired) electrons. The fraction of sp³-hybridized carbons (Fsp3) is 0.667. The molecule has 1 aromatic rings. The minimum absolute atomic E-state index is 0.0425. The highest BCUT2D eigenvalue weighted by Crippen LogP contribution is 2.10. The summed E-state index contributed by atoms with van der Waals surface area (Å²) >= 11 is 0. The molecule has 5 nitrogen and oxygen atoms in total. The molecule has 0 aliphatic carbocycles. The Labute approximate surface area is 103 Å². The number of nitrogens with zero attached hydrogens (tertiary/aromatic N) is 2. The molecule has 1 rings (SSSR count). The molecule has 1 aromatic heterocycles. The van der Waals surface area contributed by atoms with E-state index in [1.165, 1.54) is 0 Å². The zero-order valence-electron chi connectivity index (χ0n) is 11.0. The van der Waals surface area contributed by atoms with Gasteiger partial charge in [0.1, 0.15) is 0 Å². The van der Waals surface area contributed by atoms with Crippen molar-refractivity contribution in [1.82, 2.24) is 20.4 Å². The van der Waals surface area contributed by atoms with Crippen LogP contribution in [0.2, 0.25) is 0 Å².